The molecule has 0 aliphatic carbocycles. The summed E-state index contributed by atoms with van der Waals surface area (Å²) in [6.07, 6.45) is 1.79. The number of rotatable bonds is 8. The molecular weight excluding hydrogens is 563 g/mol. The number of benzene rings is 1. The number of carbonyl (C=O) groups is 3. The smallest absolute Gasteiger partial charge is 0.352 e. The molecule has 5 rings (SSSR count). The number of aromatic nitrogens is 2. The molecule has 2 aromatic heterocycles. The Balaban J connectivity index is 1.41. The topological polar surface area (TPSA) is 177 Å². The third-order valence-corrected chi connectivity index (χ3v) is 8.48. The maximum Gasteiger partial charge on any atom is 0.352 e. The Bertz CT molecular complexity index is 1600. The summed E-state index contributed by atoms with van der Waals surface area (Å²) >= 11 is 7.67. The summed E-state index contributed by atoms with van der Waals surface area (Å²) < 4.78 is 1.90. The molecule has 1 saturated heterocycles. The van der Waals surface area contributed by atoms with E-state index in [-0.39, 0.29) is 33.8 Å². The fraction of sp³-hybridized carbons (Fsp3) is 0.208. The van der Waals surface area contributed by atoms with Crippen LogP contribution in [0.25, 0.3) is 10.9 Å². The fourth-order valence-electron chi connectivity index (χ4n) is 4.55. The van der Waals surface area contributed by atoms with Crippen LogP contribution < -0.4 is 21.4 Å². The molecule has 12 nitrogen and oxygen atoms in total. The number of thiazole rings is 1. The van der Waals surface area contributed by atoms with Crippen LogP contribution in [0.4, 0.5) is 5.13 Å². The van der Waals surface area contributed by atoms with Crippen molar-refractivity contribution in [1.82, 2.24) is 15.2 Å². The van der Waals surface area contributed by atoms with Gasteiger partial charge in [0.2, 0.25) is 5.52 Å². The molecule has 2 amide bonds. The number of nitrogens with zero attached hydrogens (tertiary/aromatic N) is 4. The number of anilines is 1. The Morgan fingerprint density at radius 1 is 1.36 bits per heavy atom. The minimum atomic E-state index is -1.22. The number of amides is 2. The van der Waals surface area contributed by atoms with Crippen molar-refractivity contribution in [2.24, 2.45) is 10.9 Å². The number of hydrogen-bond acceptors (Lipinski definition) is 10. The highest BCUT2D eigenvalue weighted by atomic mass is 32.2. The van der Waals surface area contributed by atoms with Crippen molar-refractivity contribution in [1.29, 1.82) is 0 Å². The van der Waals surface area contributed by atoms with Crippen LogP contribution in [-0.4, -0.2) is 67.8 Å². The number of nitrogens with two attached hydrogens (primary N) is 2. The number of pyridine rings is 1. The molecule has 1 unspecified atom stereocenters. The standard InChI is InChI=1S/C24H21N7O5S3/c1-36-29-16(14-10-39-24(26)27-14)20(32)28-17-21(33)31-18(23(34)35)11(9-38-22(17)31)8-30-7-6-13(19(25)37)12-4-2-3-5-15(12)30/h2-7,10,17,22H,8-9H2,1H3,(H5-,25,26,27,28,32,34,35,37)/p+1/b29-16-/t17?,22-/m1/s1. The van der Waals surface area contributed by atoms with E-state index < -0.39 is 29.2 Å². The van der Waals surface area contributed by atoms with E-state index in [2.05, 4.69) is 15.5 Å². The van der Waals surface area contributed by atoms with Crippen molar-refractivity contribution in [3.8, 4) is 0 Å². The molecule has 0 radical (unpaired) electrons. The number of oxime groups is 1. The van der Waals surface area contributed by atoms with E-state index >= 15 is 0 Å². The van der Waals surface area contributed by atoms with Gasteiger partial charge in [-0.05, 0) is 6.07 Å². The Labute approximate surface area is 235 Å². The number of nitrogens with one attached hydrogen (secondary N) is 1. The van der Waals surface area contributed by atoms with Gasteiger partial charge >= 0.3 is 5.97 Å². The number of thiocarbonyl (C=S) groups is 1. The molecule has 0 saturated carbocycles. The summed E-state index contributed by atoms with van der Waals surface area (Å²) in [5, 5.41) is 18.5. The van der Waals surface area contributed by atoms with Crippen LogP contribution in [0.1, 0.15) is 11.3 Å². The number of hydrogen-bond donors (Lipinski definition) is 4. The predicted octanol–water partition coefficient (Wildman–Crippen LogP) is 0.590. The molecular formula is C24H22N7O5S3+. The lowest BCUT2D eigenvalue weighted by Gasteiger charge is -2.49. The van der Waals surface area contributed by atoms with E-state index in [0.717, 1.165) is 27.8 Å². The number of carboxylic acid groups (broad SMARTS) is 1. The highest BCUT2D eigenvalue weighted by Crippen LogP contribution is 2.40. The van der Waals surface area contributed by atoms with Gasteiger partial charge in [0.1, 0.15) is 34.9 Å². The summed E-state index contributed by atoms with van der Waals surface area (Å²) in [4.78, 5) is 48.8. The molecule has 39 heavy (non-hydrogen) atoms. The van der Waals surface area contributed by atoms with Gasteiger partial charge in [-0.2, -0.15) is 4.57 Å². The van der Waals surface area contributed by atoms with Crippen LogP contribution in [0.3, 0.4) is 0 Å². The van der Waals surface area contributed by atoms with Gasteiger partial charge in [-0.3, -0.25) is 14.5 Å². The largest absolute Gasteiger partial charge is 0.477 e. The summed E-state index contributed by atoms with van der Waals surface area (Å²) in [6.45, 7) is 0.232. The van der Waals surface area contributed by atoms with E-state index in [9.17, 15) is 19.5 Å². The lowest BCUT2D eigenvalue weighted by atomic mass is 10.0. The van der Waals surface area contributed by atoms with Crippen LogP contribution in [0.15, 0.2) is 58.3 Å². The molecule has 0 bridgehead atoms. The van der Waals surface area contributed by atoms with Crippen molar-refractivity contribution < 1.29 is 28.9 Å². The van der Waals surface area contributed by atoms with E-state index in [1.54, 1.807) is 17.6 Å². The number of nitrogen functional groups attached to an aromatic ring is 1. The number of carboxylic acids is 1. The maximum atomic E-state index is 13.2. The molecule has 15 heteroatoms. The van der Waals surface area contributed by atoms with E-state index in [0.29, 0.717) is 11.3 Å². The van der Waals surface area contributed by atoms with Gasteiger partial charge in [-0.15, -0.1) is 23.1 Å². The molecule has 2 aliphatic rings. The summed E-state index contributed by atoms with van der Waals surface area (Å²) in [7, 11) is 1.28. The minimum Gasteiger partial charge on any atom is -0.477 e. The van der Waals surface area contributed by atoms with Crippen LogP contribution in [0.2, 0.25) is 0 Å². The normalized spacial score (nSPS) is 18.9. The molecule has 6 N–H and O–H groups in total. The van der Waals surface area contributed by atoms with Crippen molar-refractivity contribution in [2.75, 3.05) is 18.6 Å². The first-order chi connectivity index (χ1) is 18.7. The van der Waals surface area contributed by atoms with Crippen molar-refractivity contribution in [2.45, 2.75) is 18.0 Å². The van der Waals surface area contributed by atoms with Gasteiger partial charge in [0.15, 0.2) is 23.6 Å². The highest BCUT2D eigenvalue weighted by molar-refractivity contribution is 8.00. The molecule has 200 valence electrons. The van der Waals surface area contributed by atoms with Gasteiger partial charge in [0, 0.05) is 34.4 Å². The van der Waals surface area contributed by atoms with Gasteiger partial charge in [-0.25, -0.2) is 9.78 Å². The SMILES string of the molecule is CO/N=C(\C(=O)NC1C(=O)N2C(C(=O)O)=C(C[n+]3ccc(C(N)=S)c4ccccc43)CS[C@H]12)c1csc(N)n1. The molecule has 4 heterocycles. The third kappa shape index (κ3) is 4.79. The predicted molar refractivity (Wildman–Crippen MR) is 150 cm³/mol. The second-order valence-corrected chi connectivity index (χ2v) is 11.0. The van der Waals surface area contributed by atoms with Crippen molar-refractivity contribution in [3.63, 3.8) is 0 Å². The molecule has 3 aromatic rings. The summed E-state index contributed by atoms with van der Waals surface area (Å²) in [6, 6.07) is 8.37. The number of para-hydroxylation sites is 1. The summed E-state index contributed by atoms with van der Waals surface area (Å²) in [5.41, 5.74) is 13.6. The number of fused-ring (bicyclic) bond motifs is 2. The van der Waals surface area contributed by atoms with Crippen LogP contribution >= 0.6 is 35.3 Å². The zero-order valence-corrected chi connectivity index (χ0v) is 22.8. The Hall–Kier alpha value is -4.08. The van der Waals surface area contributed by atoms with E-state index in [4.69, 9.17) is 28.5 Å². The molecule has 1 fully saturated rings. The quantitative estimate of drug-likeness (QED) is 0.0963. The van der Waals surface area contributed by atoms with Crippen LogP contribution in [0.5, 0.6) is 0 Å². The third-order valence-electron chi connectivity index (χ3n) is 6.25. The zero-order valence-electron chi connectivity index (χ0n) is 20.4. The fourth-order valence-corrected chi connectivity index (χ4v) is 6.61. The average Bonchev–Trinajstić information content (AvgIpc) is 3.35. The minimum absolute atomic E-state index is 0.0951. The lowest BCUT2D eigenvalue weighted by molar-refractivity contribution is -0.663. The van der Waals surface area contributed by atoms with Crippen molar-refractivity contribution in [3.05, 3.63) is 64.4 Å². The summed E-state index contributed by atoms with van der Waals surface area (Å²) in [5.74, 6) is -2.11. The second kappa shape index (κ2) is 10.6. The monoisotopic (exact) mass is 584 g/mol. The highest BCUT2D eigenvalue weighted by Gasteiger charge is 2.54. The lowest BCUT2D eigenvalue weighted by Crippen LogP contribution is -2.71. The first kappa shape index (κ1) is 26.5. The van der Waals surface area contributed by atoms with E-state index in [1.165, 1.54) is 23.8 Å². The number of thioether (sulfide) groups is 1. The van der Waals surface area contributed by atoms with Gasteiger partial charge < -0.3 is 26.7 Å². The first-order valence-electron chi connectivity index (χ1n) is 11.5. The van der Waals surface area contributed by atoms with Gasteiger partial charge in [-0.1, -0.05) is 29.5 Å². The number of carbonyl (C=O) groups excluding carboxylic acids is 2. The molecule has 2 atom stereocenters. The molecule has 1 aromatic carbocycles. The Morgan fingerprint density at radius 3 is 2.79 bits per heavy atom. The van der Waals surface area contributed by atoms with E-state index in [1.807, 2.05) is 28.8 Å². The first-order valence-corrected chi connectivity index (χ1v) is 13.8. The maximum absolute atomic E-state index is 13.2. The van der Waals surface area contributed by atoms with Gasteiger partial charge in [0.25, 0.3) is 11.8 Å². The van der Waals surface area contributed by atoms with Crippen molar-refractivity contribution >= 4 is 79.8 Å². The van der Waals surface area contributed by atoms with Gasteiger partial charge in [0.05, 0.1) is 5.39 Å². The second-order valence-electron chi connectivity index (χ2n) is 8.55. The van der Waals surface area contributed by atoms with Crippen LogP contribution in [-0.2, 0) is 25.8 Å². The van der Waals surface area contributed by atoms with Crippen LogP contribution in [0, 0.1) is 0 Å². The zero-order chi connectivity index (χ0) is 27.8. The number of aliphatic carboxylic acids is 1. The Kier molecular flexibility index (Phi) is 7.20. The molecule has 0 spiro atoms. The average molecular weight is 585 g/mol. The number of β-lactam (4-membered cyclic amide) rings is 1. The molecule has 2 aliphatic heterocycles. The Morgan fingerprint density at radius 2 is 2.13 bits per heavy atom.